The van der Waals surface area contributed by atoms with Crippen molar-refractivity contribution >= 4 is 33.1 Å². The summed E-state index contributed by atoms with van der Waals surface area (Å²) in [6.45, 7) is 4.07. The summed E-state index contributed by atoms with van der Waals surface area (Å²) in [5.41, 5.74) is 0. The van der Waals surface area contributed by atoms with Crippen LogP contribution in [0.4, 0.5) is 0 Å². The topological polar surface area (TPSA) is 80.3 Å². The summed E-state index contributed by atoms with van der Waals surface area (Å²) >= 11 is 0.230. The van der Waals surface area contributed by atoms with Gasteiger partial charge in [-0.2, -0.15) is 0 Å². The summed E-state index contributed by atoms with van der Waals surface area (Å²) in [5.74, 6) is -1.86. The van der Waals surface area contributed by atoms with Crippen molar-refractivity contribution in [3.8, 4) is 0 Å². The van der Waals surface area contributed by atoms with Gasteiger partial charge in [-0.1, -0.05) is 39.5 Å². The van der Waals surface area contributed by atoms with Crippen LogP contribution in [0.1, 0.15) is 65.2 Å². The summed E-state index contributed by atoms with van der Waals surface area (Å²) in [5, 5.41) is 19.5. The minimum atomic E-state index is -0.932. The van der Waals surface area contributed by atoms with Crippen molar-refractivity contribution in [1.29, 1.82) is 0 Å². The van der Waals surface area contributed by atoms with E-state index in [1.165, 1.54) is 0 Å². The van der Waals surface area contributed by atoms with Crippen molar-refractivity contribution in [1.82, 2.24) is 0 Å². The summed E-state index contributed by atoms with van der Waals surface area (Å²) in [6, 6.07) is 0. The average Bonchev–Trinajstić information content (AvgIpc) is 2.31. The van der Waals surface area contributed by atoms with Crippen LogP contribution in [0.3, 0.4) is 0 Å². The first-order chi connectivity index (χ1) is 8.95. The second-order valence-electron chi connectivity index (χ2n) is 4.16. The number of hydrogen-bond acceptors (Lipinski definition) is 4. The van der Waals surface area contributed by atoms with Crippen LogP contribution in [0, 0.1) is 0 Å². The predicted molar refractivity (Wildman–Crippen MR) is 75.8 cm³/mol. The van der Waals surface area contributed by atoms with Gasteiger partial charge in [0.25, 0.3) is 0 Å². The van der Waals surface area contributed by atoms with E-state index in [1.54, 1.807) is 0 Å². The van der Waals surface area contributed by atoms with Crippen molar-refractivity contribution in [2.75, 3.05) is 0 Å². The first kappa shape index (κ1) is 23.8. The molecule has 0 bridgehead atoms. The Kier molecular flexibility index (Phi) is 28.7. The Bertz CT molecular complexity index is 176. The molecule has 0 spiro atoms. The Morgan fingerprint density at radius 3 is 1.21 bits per heavy atom. The van der Waals surface area contributed by atoms with Gasteiger partial charge in [-0.05, 0) is 25.7 Å². The molecule has 0 aromatic heterocycles. The molecule has 0 saturated heterocycles. The molecule has 0 N–H and O–H groups in total. The van der Waals surface area contributed by atoms with Crippen molar-refractivity contribution in [3.05, 3.63) is 0 Å². The molecule has 0 amide bonds. The van der Waals surface area contributed by atoms with Gasteiger partial charge in [-0.3, -0.25) is 0 Å². The van der Waals surface area contributed by atoms with E-state index >= 15 is 0 Å². The van der Waals surface area contributed by atoms with Crippen LogP contribution in [0.2, 0.25) is 9.88 Å². The van der Waals surface area contributed by atoms with E-state index in [1.807, 2.05) is 13.8 Å². The quantitative estimate of drug-likeness (QED) is 0.472. The van der Waals surface area contributed by atoms with Crippen molar-refractivity contribution < 1.29 is 19.8 Å². The normalized spacial score (nSPS) is 8.21. The Hall–Kier alpha value is -0.261. The first-order valence-corrected chi connectivity index (χ1v) is 12.6. The first-order valence-electron chi connectivity index (χ1n) is 6.94. The third-order valence-electron chi connectivity index (χ3n) is 1.97. The van der Waals surface area contributed by atoms with Crippen molar-refractivity contribution in [2.45, 2.75) is 75.1 Å². The zero-order valence-corrected chi connectivity index (χ0v) is 15.6. The Morgan fingerprint density at radius 2 is 1.05 bits per heavy atom. The fourth-order valence-electron chi connectivity index (χ4n) is 1.04. The van der Waals surface area contributed by atoms with Crippen molar-refractivity contribution in [3.63, 3.8) is 0 Å². The van der Waals surface area contributed by atoms with Crippen LogP contribution in [0.5, 0.6) is 0 Å². The molecule has 5 heteroatoms. The molecule has 0 aromatic rings. The van der Waals surface area contributed by atoms with Gasteiger partial charge < -0.3 is 19.8 Å². The summed E-state index contributed by atoms with van der Waals surface area (Å²) in [6.07, 6.45) is 6.07. The number of rotatable bonds is 8. The van der Waals surface area contributed by atoms with Gasteiger partial charge in [0.1, 0.15) is 0 Å². The molecule has 0 aliphatic rings. The molecule has 0 rings (SSSR count). The monoisotopic (exact) mass is 380 g/mol. The zero-order valence-electron chi connectivity index (χ0n) is 12.8. The standard InChI is InChI=1S/2C6H12O2.2CH3.Sn/c2*1-2-3-4-5-6(7)8;;;/h2*2-5H2,1H3,(H,7,8);2*1H3;/q;;;;+2/p-2. The molecule has 112 valence electrons. The third-order valence-corrected chi connectivity index (χ3v) is 1.97. The molecule has 19 heavy (non-hydrogen) atoms. The molecule has 0 saturated carbocycles. The number of carbonyl (C=O) groups is 2. The van der Waals surface area contributed by atoms with E-state index in [2.05, 4.69) is 9.88 Å². The van der Waals surface area contributed by atoms with Crippen LogP contribution in [0.15, 0.2) is 0 Å². The van der Waals surface area contributed by atoms with Gasteiger partial charge in [-0.25, -0.2) is 0 Å². The van der Waals surface area contributed by atoms with E-state index in [-0.39, 0.29) is 34.0 Å². The number of aliphatic carboxylic acids is 2. The molecule has 0 unspecified atom stereocenters. The molecule has 0 aliphatic heterocycles. The van der Waals surface area contributed by atoms with Gasteiger partial charge in [-0.15, -0.1) is 0 Å². The summed E-state index contributed by atoms with van der Waals surface area (Å²) in [4.78, 5) is 24.1. The molecule has 0 aliphatic carbocycles. The molecule has 0 heterocycles. The van der Waals surface area contributed by atoms with Gasteiger partial charge in [0.2, 0.25) is 0 Å². The second kappa shape index (κ2) is 22.9. The molecule has 0 radical (unpaired) electrons. The zero-order chi connectivity index (χ0) is 15.5. The van der Waals surface area contributed by atoms with Gasteiger partial charge in [0, 0.05) is 11.9 Å². The minimum absolute atomic E-state index is 0.216. The van der Waals surface area contributed by atoms with Crippen LogP contribution >= 0.6 is 0 Å². The second-order valence-corrected chi connectivity index (χ2v) is 7.01. The summed E-state index contributed by atoms with van der Waals surface area (Å²) < 4.78 is 0. The Labute approximate surface area is 128 Å². The molecule has 4 nitrogen and oxygen atoms in total. The Morgan fingerprint density at radius 1 is 0.789 bits per heavy atom. The van der Waals surface area contributed by atoms with Crippen LogP contribution in [0.25, 0.3) is 0 Å². The maximum atomic E-state index is 9.76. The molecule has 0 aromatic carbocycles. The predicted octanol–water partition coefficient (Wildman–Crippen LogP) is 1.42. The van der Waals surface area contributed by atoms with Crippen molar-refractivity contribution in [2.24, 2.45) is 0 Å². The summed E-state index contributed by atoms with van der Waals surface area (Å²) in [7, 11) is 0. The van der Waals surface area contributed by atoms with Crippen LogP contribution in [-0.2, 0) is 9.59 Å². The third kappa shape index (κ3) is 46.3. The molecular formula is C14H28O4Sn. The maximum absolute atomic E-state index is 9.76. The molecule has 0 fully saturated rings. The fraction of sp³-hybridized carbons (Fsp3) is 0.857. The number of carbonyl (C=O) groups excluding carboxylic acids is 2. The van der Waals surface area contributed by atoms with Gasteiger partial charge in [0.15, 0.2) is 0 Å². The number of unbranched alkanes of at least 4 members (excludes halogenated alkanes) is 4. The van der Waals surface area contributed by atoms with E-state index in [0.29, 0.717) is 0 Å². The van der Waals surface area contributed by atoms with Gasteiger partial charge in [0.05, 0.1) is 0 Å². The number of hydrogen-bond donors (Lipinski definition) is 0. The molecular weight excluding hydrogens is 351 g/mol. The fourth-order valence-corrected chi connectivity index (χ4v) is 1.04. The van der Waals surface area contributed by atoms with Gasteiger partial charge >= 0.3 is 31.0 Å². The van der Waals surface area contributed by atoms with E-state index in [4.69, 9.17) is 0 Å². The Balaban J connectivity index is -0.000000224. The SMILES string of the molecule is CCCCCC(=O)[O-].CCCCCC(=O)[O-].[CH3][Sn+2][CH3]. The molecule has 0 atom stereocenters. The van der Waals surface area contributed by atoms with E-state index in [0.717, 1.165) is 38.5 Å². The van der Waals surface area contributed by atoms with Crippen LogP contribution in [-0.4, -0.2) is 33.1 Å². The van der Waals surface area contributed by atoms with E-state index in [9.17, 15) is 19.8 Å². The van der Waals surface area contributed by atoms with E-state index < -0.39 is 11.9 Å². The number of carboxylic acids is 2. The number of carboxylic acid groups (broad SMARTS) is 2. The average molecular weight is 379 g/mol. The van der Waals surface area contributed by atoms with Crippen LogP contribution < -0.4 is 10.2 Å².